The van der Waals surface area contributed by atoms with Crippen molar-refractivity contribution in [2.75, 3.05) is 11.1 Å². The van der Waals surface area contributed by atoms with Gasteiger partial charge in [-0.3, -0.25) is 0 Å². The highest BCUT2D eigenvalue weighted by atomic mass is 35.5. The van der Waals surface area contributed by atoms with Crippen LogP contribution in [0.3, 0.4) is 0 Å². The van der Waals surface area contributed by atoms with Crippen LogP contribution in [-0.2, 0) is 0 Å². The molecule has 90 valence electrons. The second-order valence-electron chi connectivity index (χ2n) is 3.70. The van der Waals surface area contributed by atoms with Crippen LogP contribution in [0.2, 0.25) is 10.0 Å². The number of nitrogens with zero attached hydrogens (tertiary/aromatic N) is 1. The van der Waals surface area contributed by atoms with E-state index in [0.717, 1.165) is 5.82 Å². The number of hydrogen-bond acceptors (Lipinski definition) is 3. The fourth-order valence-corrected chi connectivity index (χ4v) is 2.14. The van der Waals surface area contributed by atoms with Crippen LogP contribution in [0, 0.1) is 0 Å². The summed E-state index contributed by atoms with van der Waals surface area (Å²) in [7, 11) is 0. The summed E-state index contributed by atoms with van der Waals surface area (Å²) in [4.78, 5) is 7.18. The van der Waals surface area contributed by atoms with Crippen LogP contribution >= 0.6 is 23.2 Å². The fraction of sp³-hybridized carbons (Fsp3) is 0.182. The molecule has 1 aromatic heterocycles. The Hall–Kier alpha value is -1.39. The number of nitrogen functional groups attached to an aromatic ring is 1. The Balaban J connectivity index is 2.25. The Kier molecular flexibility index (Phi) is 3.45. The fourth-order valence-electron chi connectivity index (χ4n) is 1.53. The van der Waals surface area contributed by atoms with Gasteiger partial charge in [0.1, 0.15) is 5.82 Å². The molecule has 2 rings (SSSR count). The second kappa shape index (κ2) is 4.85. The Morgan fingerprint density at radius 2 is 2.00 bits per heavy atom. The summed E-state index contributed by atoms with van der Waals surface area (Å²) in [5.74, 6) is 0.814. The molecule has 1 heterocycles. The van der Waals surface area contributed by atoms with E-state index in [0.29, 0.717) is 21.4 Å². The van der Waals surface area contributed by atoms with E-state index in [1.165, 1.54) is 0 Å². The van der Waals surface area contributed by atoms with Crippen LogP contribution < -0.4 is 11.1 Å². The molecule has 2 aromatic rings. The molecule has 0 radical (unpaired) electrons. The predicted octanol–water partition coefficient (Wildman–Crippen LogP) is 3.47. The molecule has 0 saturated heterocycles. The van der Waals surface area contributed by atoms with Gasteiger partial charge in [0.2, 0.25) is 0 Å². The Bertz CT molecular complexity index is 487. The summed E-state index contributed by atoms with van der Waals surface area (Å²) in [6.45, 7) is 1.96. The molecular formula is C11H12Cl2N4. The molecule has 0 saturated carbocycles. The molecule has 4 nitrogen and oxygen atoms in total. The van der Waals surface area contributed by atoms with E-state index in [1.807, 2.05) is 6.92 Å². The first-order chi connectivity index (χ1) is 8.08. The van der Waals surface area contributed by atoms with Gasteiger partial charge in [0.15, 0.2) is 0 Å². The summed E-state index contributed by atoms with van der Waals surface area (Å²) in [6, 6.07) is 3.29. The molecule has 0 spiro atoms. The van der Waals surface area contributed by atoms with Gasteiger partial charge in [0.25, 0.3) is 0 Å². The van der Waals surface area contributed by atoms with Crippen LogP contribution in [0.15, 0.2) is 24.5 Å². The molecule has 0 fully saturated rings. The van der Waals surface area contributed by atoms with E-state index in [2.05, 4.69) is 15.3 Å². The van der Waals surface area contributed by atoms with Crippen molar-refractivity contribution in [3.8, 4) is 0 Å². The number of H-pyrrole nitrogens is 1. The van der Waals surface area contributed by atoms with Gasteiger partial charge < -0.3 is 16.0 Å². The van der Waals surface area contributed by atoms with Crippen LogP contribution in [0.5, 0.6) is 0 Å². The first kappa shape index (κ1) is 12.1. The van der Waals surface area contributed by atoms with Crippen molar-refractivity contribution in [1.29, 1.82) is 0 Å². The highest BCUT2D eigenvalue weighted by Gasteiger charge is 2.12. The Labute approximate surface area is 109 Å². The second-order valence-corrected chi connectivity index (χ2v) is 4.51. The number of nitrogens with one attached hydrogen (secondary N) is 2. The van der Waals surface area contributed by atoms with Crippen molar-refractivity contribution in [2.24, 2.45) is 0 Å². The van der Waals surface area contributed by atoms with Crippen molar-refractivity contribution in [1.82, 2.24) is 9.97 Å². The van der Waals surface area contributed by atoms with Crippen LogP contribution in [-0.4, -0.2) is 9.97 Å². The van der Waals surface area contributed by atoms with Gasteiger partial charge in [-0.2, -0.15) is 0 Å². The average molecular weight is 271 g/mol. The monoisotopic (exact) mass is 270 g/mol. The number of aromatic nitrogens is 2. The molecule has 0 aliphatic rings. The van der Waals surface area contributed by atoms with Crippen molar-refractivity contribution >= 4 is 34.6 Å². The standard InChI is InChI=1S/C11H12Cl2N4/c1-6(11-15-2-3-16-11)17-10-8(12)4-7(14)5-9(10)13/h2-6,17H,14H2,1H3,(H,15,16). The summed E-state index contributed by atoms with van der Waals surface area (Å²) in [5.41, 5.74) is 6.84. The molecular weight excluding hydrogens is 259 g/mol. The first-order valence-corrected chi connectivity index (χ1v) is 5.84. The van der Waals surface area contributed by atoms with Gasteiger partial charge in [-0.1, -0.05) is 23.2 Å². The normalized spacial score (nSPS) is 12.4. The van der Waals surface area contributed by atoms with Crippen LogP contribution in [0.4, 0.5) is 11.4 Å². The van der Waals surface area contributed by atoms with E-state index < -0.39 is 0 Å². The first-order valence-electron chi connectivity index (χ1n) is 5.08. The van der Waals surface area contributed by atoms with Gasteiger partial charge in [-0.05, 0) is 19.1 Å². The van der Waals surface area contributed by atoms with Crippen molar-refractivity contribution in [3.63, 3.8) is 0 Å². The highest BCUT2D eigenvalue weighted by Crippen LogP contribution is 2.34. The minimum atomic E-state index is -0.0244. The lowest BCUT2D eigenvalue weighted by Crippen LogP contribution is -2.09. The summed E-state index contributed by atoms with van der Waals surface area (Å²) in [5, 5.41) is 4.18. The minimum Gasteiger partial charge on any atom is -0.399 e. The van der Waals surface area contributed by atoms with Crippen molar-refractivity contribution in [3.05, 3.63) is 40.4 Å². The number of nitrogens with two attached hydrogens (primary N) is 1. The molecule has 1 unspecified atom stereocenters. The summed E-state index contributed by atoms with van der Waals surface area (Å²) in [6.07, 6.45) is 3.46. The summed E-state index contributed by atoms with van der Waals surface area (Å²) >= 11 is 12.2. The molecule has 17 heavy (non-hydrogen) atoms. The van der Waals surface area contributed by atoms with Crippen LogP contribution in [0.25, 0.3) is 0 Å². The zero-order valence-electron chi connectivity index (χ0n) is 9.17. The quantitative estimate of drug-likeness (QED) is 0.749. The predicted molar refractivity (Wildman–Crippen MR) is 71.5 cm³/mol. The lowest BCUT2D eigenvalue weighted by molar-refractivity contribution is 0.810. The lowest BCUT2D eigenvalue weighted by Gasteiger charge is -2.16. The minimum absolute atomic E-state index is 0.0244. The Morgan fingerprint density at radius 3 is 2.53 bits per heavy atom. The number of aromatic amines is 1. The molecule has 6 heteroatoms. The smallest absolute Gasteiger partial charge is 0.128 e. The number of rotatable bonds is 3. The molecule has 1 aromatic carbocycles. The van der Waals surface area contributed by atoms with E-state index in [4.69, 9.17) is 28.9 Å². The van der Waals surface area contributed by atoms with E-state index in [9.17, 15) is 0 Å². The zero-order valence-corrected chi connectivity index (χ0v) is 10.7. The maximum atomic E-state index is 6.08. The van der Waals surface area contributed by atoms with Crippen LogP contribution in [0.1, 0.15) is 18.8 Å². The molecule has 0 aliphatic heterocycles. The van der Waals surface area contributed by atoms with Gasteiger partial charge in [0, 0.05) is 18.1 Å². The van der Waals surface area contributed by atoms with Gasteiger partial charge in [-0.15, -0.1) is 0 Å². The third kappa shape index (κ3) is 2.65. The van der Waals surface area contributed by atoms with Gasteiger partial charge in [0.05, 0.1) is 21.8 Å². The average Bonchev–Trinajstić information content (AvgIpc) is 2.76. The highest BCUT2D eigenvalue weighted by molar-refractivity contribution is 6.39. The number of benzene rings is 1. The Morgan fingerprint density at radius 1 is 1.35 bits per heavy atom. The molecule has 0 bridgehead atoms. The molecule has 1 atom stereocenters. The topological polar surface area (TPSA) is 66.7 Å². The number of halogens is 2. The van der Waals surface area contributed by atoms with E-state index in [-0.39, 0.29) is 6.04 Å². The van der Waals surface area contributed by atoms with Gasteiger partial charge in [-0.25, -0.2) is 4.98 Å². The van der Waals surface area contributed by atoms with E-state index in [1.54, 1.807) is 24.5 Å². The third-order valence-electron chi connectivity index (χ3n) is 2.35. The van der Waals surface area contributed by atoms with E-state index >= 15 is 0 Å². The third-order valence-corrected chi connectivity index (χ3v) is 2.95. The number of imidazole rings is 1. The molecule has 4 N–H and O–H groups in total. The maximum Gasteiger partial charge on any atom is 0.128 e. The maximum absolute atomic E-state index is 6.08. The largest absolute Gasteiger partial charge is 0.399 e. The zero-order chi connectivity index (χ0) is 12.4. The number of anilines is 2. The van der Waals surface area contributed by atoms with Gasteiger partial charge >= 0.3 is 0 Å². The SMILES string of the molecule is CC(Nc1c(Cl)cc(N)cc1Cl)c1ncc[nH]1. The molecule has 0 aliphatic carbocycles. The lowest BCUT2D eigenvalue weighted by atomic mass is 10.2. The number of hydrogen-bond donors (Lipinski definition) is 3. The van der Waals surface area contributed by atoms with Crippen molar-refractivity contribution < 1.29 is 0 Å². The molecule has 0 amide bonds. The summed E-state index contributed by atoms with van der Waals surface area (Å²) < 4.78 is 0. The van der Waals surface area contributed by atoms with Crippen molar-refractivity contribution in [2.45, 2.75) is 13.0 Å².